The van der Waals surface area contributed by atoms with Crippen molar-refractivity contribution in [1.82, 2.24) is 4.90 Å². The van der Waals surface area contributed by atoms with Gasteiger partial charge in [0.05, 0.1) is 0 Å². The summed E-state index contributed by atoms with van der Waals surface area (Å²) in [6.07, 6.45) is 3.23. The topological polar surface area (TPSA) is 63.4 Å². The highest BCUT2D eigenvalue weighted by Gasteiger charge is 2.42. The van der Waals surface area contributed by atoms with Gasteiger partial charge in [0.15, 0.2) is 0 Å². The summed E-state index contributed by atoms with van der Waals surface area (Å²) in [5, 5.41) is 0. The van der Waals surface area contributed by atoms with Crippen LogP contribution in [0.5, 0.6) is 0 Å². The number of nitrogens with two attached hydrogens (primary N) is 1. The highest BCUT2D eigenvalue weighted by atomic mass is 16.2. The molecule has 1 aliphatic rings. The van der Waals surface area contributed by atoms with Crippen molar-refractivity contribution in [3.63, 3.8) is 0 Å². The first-order valence-corrected chi connectivity index (χ1v) is 6.02. The molecule has 0 unspecified atom stereocenters. The van der Waals surface area contributed by atoms with Crippen LogP contribution in [0.15, 0.2) is 0 Å². The number of amides is 2. The van der Waals surface area contributed by atoms with Crippen LogP contribution in [-0.4, -0.2) is 29.3 Å². The van der Waals surface area contributed by atoms with Crippen LogP contribution in [0, 0.1) is 5.41 Å². The van der Waals surface area contributed by atoms with E-state index in [9.17, 15) is 9.59 Å². The molecule has 1 fully saturated rings. The van der Waals surface area contributed by atoms with E-state index in [1.165, 1.54) is 0 Å². The zero-order chi connectivity index (χ0) is 12.3. The SMILES string of the molecule is CCC[C@]1(C)CC(=O)N([C@H](CC)C(N)=O)C1. The number of hydrogen-bond donors (Lipinski definition) is 1. The number of carbonyl (C=O) groups excluding carboxylic acids is 2. The average Bonchev–Trinajstić information content (AvgIpc) is 2.43. The Morgan fingerprint density at radius 2 is 2.19 bits per heavy atom. The third kappa shape index (κ3) is 2.54. The quantitative estimate of drug-likeness (QED) is 0.767. The van der Waals surface area contributed by atoms with Gasteiger partial charge in [0, 0.05) is 13.0 Å². The number of rotatable bonds is 5. The van der Waals surface area contributed by atoms with E-state index in [0.29, 0.717) is 19.4 Å². The molecular weight excluding hydrogens is 204 g/mol. The number of hydrogen-bond acceptors (Lipinski definition) is 2. The molecule has 0 aliphatic carbocycles. The predicted octanol–water partition coefficient (Wildman–Crippen LogP) is 1.29. The van der Waals surface area contributed by atoms with E-state index in [1.54, 1.807) is 4.90 Å². The summed E-state index contributed by atoms with van der Waals surface area (Å²) in [5.74, 6) is -0.321. The average molecular weight is 226 g/mol. The van der Waals surface area contributed by atoms with Crippen molar-refractivity contribution in [2.75, 3.05) is 6.54 Å². The molecular formula is C12H22N2O2. The molecule has 4 nitrogen and oxygen atoms in total. The molecule has 0 aromatic carbocycles. The van der Waals surface area contributed by atoms with Crippen molar-refractivity contribution in [1.29, 1.82) is 0 Å². The van der Waals surface area contributed by atoms with Crippen LogP contribution in [0.1, 0.15) is 46.5 Å². The van der Waals surface area contributed by atoms with E-state index < -0.39 is 11.9 Å². The number of primary amides is 1. The van der Waals surface area contributed by atoms with Crippen molar-refractivity contribution in [2.24, 2.45) is 11.1 Å². The van der Waals surface area contributed by atoms with Gasteiger partial charge in [-0.15, -0.1) is 0 Å². The second-order valence-corrected chi connectivity index (χ2v) is 5.09. The van der Waals surface area contributed by atoms with Crippen LogP contribution in [0.25, 0.3) is 0 Å². The number of nitrogens with zero attached hydrogens (tertiary/aromatic N) is 1. The lowest BCUT2D eigenvalue weighted by Gasteiger charge is -2.27. The number of likely N-dealkylation sites (tertiary alicyclic amines) is 1. The third-order valence-corrected chi connectivity index (χ3v) is 3.40. The summed E-state index contributed by atoms with van der Waals surface area (Å²) in [7, 11) is 0. The van der Waals surface area contributed by atoms with E-state index in [0.717, 1.165) is 12.8 Å². The Bertz CT molecular complexity index is 291. The fraction of sp³-hybridized carbons (Fsp3) is 0.833. The largest absolute Gasteiger partial charge is 0.368 e. The van der Waals surface area contributed by atoms with Crippen LogP contribution in [0.3, 0.4) is 0 Å². The molecule has 0 saturated carbocycles. The van der Waals surface area contributed by atoms with Gasteiger partial charge in [0.25, 0.3) is 0 Å². The highest BCUT2D eigenvalue weighted by Crippen LogP contribution is 2.36. The van der Waals surface area contributed by atoms with Gasteiger partial charge in [-0.2, -0.15) is 0 Å². The van der Waals surface area contributed by atoms with Crippen LogP contribution >= 0.6 is 0 Å². The smallest absolute Gasteiger partial charge is 0.240 e. The van der Waals surface area contributed by atoms with Crippen LogP contribution in [0.2, 0.25) is 0 Å². The molecule has 0 aromatic heterocycles. The Balaban J connectivity index is 2.77. The fourth-order valence-electron chi connectivity index (χ4n) is 2.65. The van der Waals surface area contributed by atoms with Gasteiger partial charge in [-0.1, -0.05) is 27.2 Å². The highest BCUT2D eigenvalue weighted by molar-refractivity contribution is 5.88. The first kappa shape index (κ1) is 13.0. The van der Waals surface area contributed by atoms with Crippen LogP contribution < -0.4 is 5.73 Å². The van der Waals surface area contributed by atoms with Gasteiger partial charge in [-0.3, -0.25) is 9.59 Å². The predicted molar refractivity (Wildman–Crippen MR) is 62.6 cm³/mol. The van der Waals surface area contributed by atoms with Gasteiger partial charge in [0.2, 0.25) is 11.8 Å². The maximum atomic E-state index is 11.9. The Labute approximate surface area is 97.2 Å². The molecule has 0 bridgehead atoms. The Morgan fingerprint density at radius 1 is 1.56 bits per heavy atom. The maximum Gasteiger partial charge on any atom is 0.240 e. The maximum absolute atomic E-state index is 11.9. The minimum atomic E-state index is -0.425. The van der Waals surface area contributed by atoms with Crippen molar-refractivity contribution >= 4 is 11.8 Å². The fourth-order valence-corrected chi connectivity index (χ4v) is 2.65. The molecule has 0 spiro atoms. The summed E-state index contributed by atoms with van der Waals surface area (Å²) >= 11 is 0. The van der Waals surface area contributed by atoms with Gasteiger partial charge >= 0.3 is 0 Å². The van der Waals surface area contributed by atoms with E-state index >= 15 is 0 Å². The summed E-state index contributed by atoms with van der Waals surface area (Å²) in [6, 6.07) is -0.425. The van der Waals surface area contributed by atoms with Crippen molar-refractivity contribution in [3.8, 4) is 0 Å². The lowest BCUT2D eigenvalue weighted by atomic mass is 9.85. The molecule has 4 heteroatoms. The molecule has 2 N–H and O–H groups in total. The van der Waals surface area contributed by atoms with E-state index in [4.69, 9.17) is 5.73 Å². The molecule has 92 valence electrons. The van der Waals surface area contributed by atoms with Gasteiger partial charge in [-0.05, 0) is 18.3 Å². The van der Waals surface area contributed by atoms with E-state index in [2.05, 4.69) is 13.8 Å². The lowest BCUT2D eigenvalue weighted by Crippen LogP contribution is -2.45. The van der Waals surface area contributed by atoms with Crippen LogP contribution in [-0.2, 0) is 9.59 Å². The summed E-state index contributed by atoms with van der Waals surface area (Å²) < 4.78 is 0. The van der Waals surface area contributed by atoms with E-state index in [1.807, 2.05) is 6.92 Å². The van der Waals surface area contributed by atoms with Gasteiger partial charge < -0.3 is 10.6 Å². The molecule has 1 heterocycles. The van der Waals surface area contributed by atoms with E-state index in [-0.39, 0.29) is 11.3 Å². The Morgan fingerprint density at radius 3 is 2.62 bits per heavy atom. The van der Waals surface area contributed by atoms with Crippen molar-refractivity contribution in [2.45, 2.75) is 52.5 Å². The molecule has 0 aromatic rings. The minimum Gasteiger partial charge on any atom is -0.368 e. The Hall–Kier alpha value is -1.06. The normalized spacial score (nSPS) is 27.2. The van der Waals surface area contributed by atoms with Gasteiger partial charge in [0.1, 0.15) is 6.04 Å². The number of carbonyl (C=O) groups is 2. The second kappa shape index (κ2) is 4.85. The molecule has 1 rings (SSSR count). The van der Waals surface area contributed by atoms with Crippen molar-refractivity contribution < 1.29 is 9.59 Å². The molecule has 0 radical (unpaired) electrons. The molecule has 2 amide bonds. The second-order valence-electron chi connectivity index (χ2n) is 5.09. The standard InChI is InChI=1S/C12H22N2O2/c1-4-6-12(3)7-10(15)14(8-12)9(5-2)11(13)16/h9H,4-8H2,1-3H3,(H2,13,16)/t9-,12-/m1/s1. The minimum absolute atomic E-state index is 0.0225. The third-order valence-electron chi connectivity index (χ3n) is 3.40. The molecule has 1 saturated heterocycles. The first-order chi connectivity index (χ1) is 7.43. The van der Waals surface area contributed by atoms with Gasteiger partial charge in [-0.25, -0.2) is 0 Å². The monoisotopic (exact) mass is 226 g/mol. The Kier molecular flexibility index (Phi) is 3.94. The summed E-state index contributed by atoms with van der Waals surface area (Å²) in [5.41, 5.74) is 5.34. The molecule has 1 aliphatic heterocycles. The van der Waals surface area contributed by atoms with Crippen molar-refractivity contribution in [3.05, 3.63) is 0 Å². The molecule has 16 heavy (non-hydrogen) atoms. The zero-order valence-corrected chi connectivity index (χ0v) is 10.5. The zero-order valence-electron chi connectivity index (χ0n) is 10.5. The summed E-state index contributed by atoms with van der Waals surface area (Å²) in [6.45, 7) is 6.78. The molecule has 2 atom stereocenters. The lowest BCUT2D eigenvalue weighted by molar-refractivity contribution is -0.136. The van der Waals surface area contributed by atoms with Crippen LogP contribution in [0.4, 0.5) is 0 Å². The summed E-state index contributed by atoms with van der Waals surface area (Å²) in [4.78, 5) is 24.8. The first-order valence-electron chi connectivity index (χ1n) is 6.02.